The van der Waals surface area contributed by atoms with Crippen LogP contribution in [0.4, 0.5) is 0 Å². The Morgan fingerprint density at radius 2 is 2.33 bits per heavy atom. The lowest BCUT2D eigenvalue weighted by atomic mass is 10.2. The lowest BCUT2D eigenvalue weighted by molar-refractivity contribution is 0.541. The van der Waals surface area contributed by atoms with E-state index in [1.165, 1.54) is 0 Å². The molecule has 1 aliphatic heterocycles. The zero-order valence-corrected chi connectivity index (χ0v) is 8.98. The minimum absolute atomic E-state index is 0.779. The normalized spacial score (nSPS) is 22.7. The third kappa shape index (κ3) is 1.24. The van der Waals surface area contributed by atoms with E-state index < -0.39 is 11.0 Å². The van der Waals surface area contributed by atoms with Crippen molar-refractivity contribution >= 4 is 26.9 Å². The summed E-state index contributed by atoms with van der Waals surface area (Å²) in [6.45, 7) is 0.779. The summed E-state index contributed by atoms with van der Waals surface area (Å²) in [5.41, 5.74) is 1.16. The molecule has 1 aromatic carbocycles. The Morgan fingerprint density at radius 3 is 3.08 bits per heavy atom. The molecule has 64 valence electrons. The fraction of sp³-hybridized carbons (Fsp3) is 0.250. The van der Waals surface area contributed by atoms with Crippen molar-refractivity contribution in [3.05, 3.63) is 28.2 Å². The maximum atomic E-state index is 11.5. The van der Waals surface area contributed by atoms with Crippen molar-refractivity contribution in [1.29, 1.82) is 0 Å². The SMILES string of the molecule is CN1Cc2cc(Br)ccc2S1=O. The molecule has 1 aromatic rings. The van der Waals surface area contributed by atoms with E-state index >= 15 is 0 Å². The Labute approximate surface area is 82.3 Å². The van der Waals surface area contributed by atoms with Gasteiger partial charge < -0.3 is 0 Å². The van der Waals surface area contributed by atoms with E-state index in [0.717, 1.165) is 21.5 Å². The second kappa shape index (κ2) is 2.94. The molecule has 0 N–H and O–H groups in total. The third-order valence-corrected chi connectivity index (χ3v) is 3.85. The molecule has 0 spiro atoms. The van der Waals surface area contributed by atoms with Crippen LogP contribution >= 0.6 is 15.9 Å². The van der Waals surface area contributed by atoms with E-state index in [0.29, 0.717) is 0 Å². The summed E-state index contributed by atoms with van der Waals surface area (Å²) in [4.78, 5) is 0.945. The predicted molar refractivity (Wildman–Crippen MR) is 52.0 cm³/mol. The second-order valence-corrected chi connectivity index (χ2v) is 5.26. The Bertz CT molecular complexity index is 353. The number of hydrogen-bond acceptors (Lipinski definition) is 1. The first-order valence-electron chi connectivity index (χ1n) is 3.60. The fourth-order valence-electron chi connectivity index (χ4n) is 1.31. The number of fused-ring (bicyclic) bond motifs is 1. The highest BCUT2D eigenvalue weighted by molar-refractivity contribution is 9.10. The fourth-order valence-corrected chi connectivity index (χ4v) is 2.84. The van der Waals surface area contributed by atoms with Gasteiger partial charge in [-0.1, -0.05) is 15.9 Å². The summed E-state index contributed by atoms with van der Waals surface area (Å²) in [6.07, 6.45) is 0. The van der Waals surface area contributed by atoms with E-state index in [4.69, 9.17) is 0 Å². The minimum atomic E-state index is -0.938. The van der Waals surface area contributed by atoms with Gasteiger partial charge in [0.25, 0.3) is 0 Å². The first-order valence-corrected chi connectivity index (χ1v) is 5.50. The Hall–Kier alpha value is -0.190. The molecule has 0 bridgehead atoms. The zero-order chi connectivity index (χ0) is 8.72. The molecule has 0 radical (unpaired) electrons. The molecule has 2 nitrogen and oxygen atoms in total. The summed E-state index contributed by atoms with van der Waals surface area (Å²) in [7, 11) is 0.927. The molecule has 0 aliphatic carbocycles. The van der Waals surface area contributed by atoms with Gasteiger partial charge in [0, 0.05) is 18.1 Å². The zero-order valence-electron chi connectivity index (χ0n) is 6.58. The van der Waals surface area contributed by atoms with Crippen LogP contribution in [-0.2, 0) is 17.5 Å². The molecular formula is C8H8BrNOS. The van der Waals surface area contributed by atoms with Gasteiger partial charge in [-0.15, -0.1) is 0 Å². The van der Waals surface area contributed by atoms with Gasteiger partial charge in [-0.3, -0.25) is 0 Å². The first-order chi connectivity index (χ1) is 5.68. The standard InChI is InChI=1S/C8H8BrNOS/c1-10-5-6-4-7(9)2-3-8(6)12(10)11/h2-4H,5H2,1H3. The maximum absolute atomic E-state index is 11.5. The second-order valence-electron chi connectivity index (χ2n) is 2.79. The quantitative estimate of drug-likeness (QED) is 0.684. The van der Waals surface area contributed by atoms with Crippen LogP contribution in [0, 0.1) is 0 Å². The van der Waals surface area contributed by atoms with Crippen LogP contribution in [0.25, 0.3) is 0 Å². The number of hydrogen-bond donors (Lipinski definition) is 0. The Morgan fingerprint density at radius 1 is 1.58 bits per heavy atom. The summed E-state index contributed by atoms with van der Waals surface area (Å²) in [5.74, 6) is 0. The van der Waals surface area contributed by atoms with Gasteiger partial charge in [-0.05, 0) is 23.8 Å². The molecule has 1 unspecified atom stereocenters. The lowest BCUT2D eigenvalue weighted by Crippen LogP contribution is -2.11. The van der Waals surface area contributed by atoms with Gasteiger partial charge in [0.2, 0.25) is 0 Å². The van der Waals surface area contributed by atoms with Crippen molar-refractivity contribution in [2.75, 3.05) is 7.05 Å². The average Bonchev–Trinajstić information content (AvgIpc) is 2.28. The molecule has 4 heteroatoms. The van der Waals surface area contributed by atoms with E-state index in [-0.39, 0.29) is 0 Å². The Kier molecular flexibility index (Phi) is 2.06. The van der Waals surface area contributed by atoms with Gasteiger partial charge in [-0.2, -0.15) is 0 Å². The first kappa shape index (κ1) is 8.41. The molecule has 0 saturated heterocycles. The average molecular weight is 246 g/mol. The van der Waals surface area contributed by atoms with Crippen LogP contribution in [0.3, 0.4) is 0 Å². The summed E-state index contributed by atoms with van der Waals surface area (Å²) < 4.78 is 14.4. The molecular weight excluding hydrogens is 238 g/mol. The molecule has 1 atom stereocenters. The highest BCUT2D eigenvalue weighted by Crippen LogP contribution is 2.27. The van der Waals surface area contributed by atoms with Crippen LogP contribution in [0.1, 0.15) is 5.56 Å². The highest BCUT2D eigenvalue weighted by atomic mass is 79.9. The van der Waals surface area contributed by atoms with Crippen molar-refractivity contribution in [3.63, 3.8) is 0 Å². The molecule has 1 aliphatic rings. The third-order valence-electron chi connectivity index (χ3n) is 1.89. The topological polar surface area (TPSA) is 20.3 Å². The van der Waals surface area contributed by atoms with Crippen LogP contribution in [0.15, 0.2) is 27.6 Å². The van der Waals surface area contributed by atoms with Gasteiger partial charge in [0.1, 0.15) is 11.0 Å². The van der Waals surface area contributed by atoms with Crippen molar-refractivity contribution in [1.82, 2.24) is 4.31 Å². The van der Waals surface area contributed by atoms with Crippen molar-refractivity contribution in [3.8, 4) is 0 Å². The van der Waals surface area contributed by atoms with Crippen molar-refractivity contribution in [2.24, 2.45) is 0 Å². The minimum Gasteiger partial charge on any atom is -0.237 e. The van der Waals surface area contributed by atoms with Gasteiger partial charge in [0.15, 0.2) is 0 Å². The number of nitrogens with zero attached hydrogens (tertiary/aromatic N) is 1. The van der Waals surface area contributed by atoms with Gasteiger partial charge in [0.05, 0.1) is 4.90 Å². The van der Waals surface area contributed by atoms with Crippen molar-refractivity contribution in [2.45, 2.75) is 11.4 Å². The number of benzene rings is 1. The van der Waals surface area contributed by atoms with Crippen LogP contribution < -0.4 is 0 Å². The van der Waals surface area contributed by atoms with Gasteiger partial charge in [-0.25, -0.2) is 8.51 Å². The molecule has 12 heavy (non-hydrogen) atoms. The smallest absolute Gasteiger partial charge is 0.127 e. The van der Waals surface area contributed by atoms with E-state index in [9.17, 15) is 4.21 Å². The lowest BCUT2D eigenvalue weighted by Gasteiger charge is -2.01. The van der Waals surface area contributed by atoms with Gasteiger partial charge >= 0.3 is 0 Å². The van der Waals surface area contributed by atoms with Crippen LogP contribution in [0.5, 0.6) is 0 Å². The summed E-state index contributed by atoms with van der Waals surface area (Å²) in [5, 5.41) is 0. The predicted octanol–water partition coefficient (Wildman–Crippen LogP) is 1.92. The number of halogens is 1. The largest absolute Gasteiger partial charge is 0.237 e. The highest BCUT2D eigenvalue weighted by Gasteiger charge is 2.23. The molecule has 0 fully saturated rings. The maximum Gasteiger partial charge on any atom is 0.127 e. The van der Waals surface area contributed by atoms with Crippen LogP contribution in [-0.4, -0.2) is 15.6 Å². The van der Waals surface area contributed by atoms with Crippen molar-refractivity contribution < 1.29 is 4.21 Å². The summed E-state index contributed by atoms with van der Waals surface area (Å²) in [6, 6.07) is 5.87. The van der Waals surface area contributed by atoms with Crippen LogP contribution in [0.2, 0.25) is 0 Å². The molecule has 0 saturated carbocycles. The number of rotatable bonds is 0. The van der Waals surface area contributed by atoms with E-state index in [1.807, 2.05) is 29.6 Å². The van der Waals surface area contributed by atoms with E-state index in [2.05, 4.69) is 15.9 Å². The molecule has 1 heterocycles. The summed E-state index contributed by atoms with van der Waals surface area (Å²) >= 11 is 3.39. The monoisotopic (exact) mass is 245 g/mol. The van der Waals surface area contributed by atoms with E-state index in [1.54, 1.807) is 0 Å². The molecule has 0 amide bonds. The Balaban J connectivity index is 2.54. The molecule has 0 aromatic heterocycles. The molecule has 2 rings (SSSR count).